The van der Waals surface area contributed by atoms with Crippen molar-refractivity contribution < 1.29 is 0 Å². The van der Waals surface area contributed by atoms with Gasteiger partial charge in [0.2, 0.25) is 17.1 Å². The Labute approximate surface area is 285 Å². The Morgan fingerprint density at radius 3 is 1.38 bits per heavy atom. The van der Waals surface area contributed by atoms with Gasteiger partial charge in [-0.05, 0) is 62.4 Å². The summed E-state index contributed by atoms with van der Waals surface area (Å²) >= 11 is 0. The molecule has 0 radical (unpaired) electrons. The molecule has 0 fully saturated rings. The van der Waals surface area contributed by atoms with E-state index in [2.05, 4.69) is 165 Å². The van der Waals surface area contributed by atoms with Crippen LogP contribution in [0.15, 0.2) is 156 Å². The molecule has 7 rings (SSSR count). The largest absolute Gasteiger partial charge is 0.329 e. The summed E-state index contributed by atoms with van der Waals surface area (Å²) in [4.78, 5) is 14.3. The van der Waals surface area contributed by atoms with E-state index in [-0.39, 0.29) is 10.8 Å². The summed E-state index contributed by atoms with van der Waals surface area (Å²) in [6.07, 6.45) is 17.5. The average Bonchev–Trinajstić information content (AvgIpc) is 3.68. The van der Waals surface area contributed by atoms with Crippen molar-refractivity contribution in [2.24, 2.45) is 0 Å². The zero-order chi connectivity index (χ0) is 33.5. The van der Waals surface area contributed by atoms with E-state index in [1.807, 2.05) is 24.5 Å². The summed E-state index contributed by atoms with van der Waals surface area (Å²) in [5.41, 5.74) is 10.4. The van der Waals surface area contributed by atoms with E-state index < -0.39 is 0 Å². The Kier molecular flexibility index (Phi) is 8.08. The number of allylic oxidation sites excluding steroid dienone is 10. The monoisotopic (exact) mass is 630 g/mol. The quantitative estimate of drug-likeness (QED) is 0.199. The first-order valence-electron chi connectivity index (χ1n) is 17.0. The van der Waals surface area contributed by atoms with Gasteiger partial charge >= 0.3 is 0 Å². The van der Waals surface area contributed by atoms with Crippen LogP contribution in [0.2, 0.25) is 0 Å². The second-order valence-electron chi connectivity index (χ2n) is 13.5. The summed E-state index contributed by atoms with van der Waals surface area (Å²) in [7, 11) is 0. The molecule has 0 amide bonds. The van der Waals surface area contributed by atoms with Crippen LogP contribution < -0.4 is 14.4 Å². The van der Waals surface area contributed by atoms with Gasteiger partial charge in [-0.15, -0.1) is 0 Å². The molecule has 0 spiro atoms. The van der Waals surface area contributed by atoms with Crippen molar-refractivity contribution in [2.75, 3.05) is 22.9 Å². The molecule has 0 unspecified atom stereocenters. The average molecular weight is 631 g/mol. The molecule has 0 saturated heterocycles. The van der Waals surface area contributed by atoms with E-state index in [1.54, 1.807) is 0 Å². The lowest BCUT2D eigenvalue weighted by atomic mass is 9.84. The molecule has 4 heterocycles. The Morgan fingerprint density at radius 2 is 0.979 bits per heavy atom. The lowest BCUT2D eigenvalue weighted by Gasteiger charge is -2.25. The van der Waals surface area contributed by atoms with E-state index in [0.29, 0.717) is 0 Å². The molecule has 3 aliphatic rings. The standard InChI is InChI=1S/C43H44N5/c1-7-46-37(42(3,4)35-21-15-29-44-40(35)46)27-25-31-23-24-32(26-28-38-43(5,6)36-22-16-30-45-41(36)47(38)8-2)39(31)48(33-17-11-9-12-18-33)34-19-13-10-14-20-34/h9-30H,7-8H2,1-6H3/q+1. The van der Waals surface area contributed by atoms with Crippen LogP contribution in [-0.4, -0.2) is 28.8 Å². The zero-order valence-electron chi connectivity index (χ0n) is 28.9. The van der Waals surface area contributed by atoms with Gasteiger partial charge in [0, 0.05) is 94.2 Å². The minimum atomic E-state index is -0.165. The van der Waals surface area contributed by atoms with Crippen molar-refractivity contribution in [1.82, 2.24) is 14.5 Å². The number of nitrogens with zero attached hydrogens (tertiary/aromatic N) is 5. The number of pyridine rings is 2. The molecule has 2 aromatic carbocycles. The first-order valence-corrected chi connectivity index (χ1v) is 17.0. The highest BCUT2D eigenvalue weighted by Crippen LogP contribution is 2.47. The zero-order valence-corrected chi connectivity index (χ0v) is 28.9. The summed E-state index contributed by atoms with van der Waals surface area (Å²) in [6.45, 7) is 15.3. The van der Waals surface area contributed by atoms with Crippen molar-refractivity contribution in [3.8, 4) is 0 Å². The SMILES string of the molecule is CCN1/C(=C/C=C2C=C/C(=C\C=C3\N(CC)c4ncccc4C3(C)C)C\2=[N+](c2ccccc2)c2ccccc2)C(C)(C)c2cccnc21. The van der Waals surface area contributed by atoms with Crippen LogP contribution in [0.3, 0.4) is 0 Å². The number of aromatic nitrogens is 2. The minimum Gasteiger partial charge on any atom is -0.329 e. The van der Waals surface area contributed by atoms with Crippen molar-refractivity contribution in [3.05, 3.63) is 167 Å². The fourth-order valence-corrected chi connectivity index (χ4v) is 7.55. The molecular formula is C43H44N5+. The third-order valence-electron chi connectivity index (χ3n) is 10.0. The number of rotatable bonds is 6. The van der Waals surface area contributed by atoms with Gasteiger partial charge in [0.25, 0.3) is 0 Å². The van der Waals surface area contributed by atoms with Gasteiger partial charge in [-0.1, -0.05) is 76.2 Å². The molecule has 48 heavy (non-hydrogen) atoms. The first kappa shape index (κ1) is 31.3. The molecule has 1 aliphatic carbocycles. The van der Waals surface area contributed by atoms with Crippen LogP contribution in [0.1, 0.15) is 52.7 Å². The van der Waals surface area contributed by atoms with Crippen LogP contribution in [0, 0.1) is 0 Å². The maximum Gasteiger partial charge on any atom is 0.226 e. The Bertz CT molecular complexity index is 1900. The number of fused-ring (bicyclic) bond motifs is 2. The summed E-state index contributed by atoms with van der Waals surface area (Å²) in [5, 5.41) is 0. The first-order chi connectivity index (χ1) is 23.3. The highest BCUT2D eigenvalue weighted by Gasteiger charge is 2.41. The fraction of sp³-hybridized carbons (Fsp3) is 0.233. The predicted molar refractivity (Wildman–Crippen MR) is 201 cm³/mol. The van der Waals surface area contributed by atoms with Crippen LogP contribution >= 0.6 is 0 Å². The van der Waals surface area contributed by atoms with Crippen LogP contribution in [0.4, 0.5) is 23.0 Å². The van der Waals surface area contributed by atoms with E-state index in [1.165, 1.54) is 22.5 Å². The second-order valence-corrected chi connectivity index (χ2v) is 13.5. The molecule has 0 bridgehead atoms. The predicted octanol–water partition coefficient (Wildman–Crippen LogP) is 9.58. The molecule has 5 heteroatoms. The van der Waals surface area contributed by atoms with E-state index in [9.17, 15) is 0 Å². The molecule has 0 saturated carbocycles. The van der Waals surface area contributed by atoms with Gasteiger partial charge in [0.1, 0.15) is 11.6 Å². The van der Waals surface area contributed by atoms with Crippen LogP contribution in [0.5, 0.6) is 0 Å². The van der Waals surface area contributed by atoms with Gasteiger partial charge in [0.05, 0.1) is 0 Å². The molecule has 2 aromatic heterocycles. The topological polar surface area (TPSA) is 35.3 Å². The number of para-hydroxylation sites is 2. The maximum atomic E-state index is 4.79. The molecule has 4 aromatic rings. The highest BCUT2D eigenvalue weighted by molar-refractivity contribution is 6.21. The van der Waals surface area contributed by atoms with Crippen molar-refractivity contribution >= 4 is 28.7 Å². The Hall–Kier alpha value is -5.29. The normalized spacial score (nSPS) is 20.8. The molecular weight excluding hydrogens is 587 g/mol. The van der Waals surface area contributed by atoms with Gasteiger partial charge in [-0.3, -0.25) is 0 Å². The summed E-state index contributed by atoms with van der Waals surface area (Å²) in [5.74, 6) is 2.11. The third kappa shape index (κ3) is 5.14. The molecule has 240 valence electrons. The Morgan fingerprint density at radius 1 is 0.562 bits per heavy atom. The van der Waals surface area contributed by atoms with Crippen molar-refractivity contribution in [1.29, 1.82) is 0 Å². The second kappa shape index (κ2) is 12.4. The molecule has 0 N–H and O–H groups in total. The van der Waals surface area contributed by atoms with Crippen molar-refractivity contribution in [2.45, 2.75) is 52.4 Å². The number of hydrogen-bond donors (Lipinski definition) is 0. The lowest BCUT2D eigenvalue weighted by Crippen LogP contribution is -2.26. The molecule has 2 aliphatic heterocycles. The molecule has 5 nitrogen and oxygen atoms in total. The summed E-state index contributed by atoms with van der Waals surface area (Å²) in [6, 6.07) is 29.9. The van der Waals surface area contributed by atoms with E-state index in [0.717, 1.165) is 53.0 Å². The Balaban J connectivity index is 1.43. The van der Waals surface area contributed by atoms with Gasteiger partial charge in [-0.2, -0.15) is 4.58 Å². The van der Waals surface area contributed by atoms with E-state index in [4.69, 9.17) is 9.97 Å². The number of anilines is 2. The smallest absolute Gasteiger partial charge is 0.226 e. The van der Waals surface area contributed by atoms with Gasteiger partial charge in [-0.25, -0.2) is 9.97 Å². The van der Waals surface area contributed by atoms with Gasteiger partial charge < -0.3 is 9.80 Å². The number of benzene rings is 2. The number of hydrogen-bond acceptors (Lipinski definition) is 4. The van der Waals surface area contributed by atoms with Gasteiger partial charge in [0.15, 0.2) is 0 Å². The molecule has 0 atom stereocenters. The lowest BCUT2D eigenvalue weighted by molar-refractivity contribution is 0.633. The fourth-order valence-electron chi connectivity index (χ4n) is 7.55. The maximum absolute atomic E-state index is 4.79. The van der Waals surface area contributed by atoms with Crippen LogP contribution in [0.25, 0.3) is 0 Å². The summed E-state index contributed by atoms with van der Waals surface area (Å²) < 4.78 is 2.38. The third-order valence-corrected chi connectivity index (χ3v) is 10.0. The number of likely N-dealkylation sites (N-methyl/N-ethyl adjacent to an activating group) is 2. The van der Waals surface area contributed by atoms with Crippen molar-refractivity contribution in [3.63, 3.8) is 0 Å². The van der Waals surface area contributed by atoms with Crippen LogP contribution in [-0.2, 0) is 10.8 Å². The highest BCUT2D eigenvalue weighted by atomic mass is 15.2. The van der Waals surface area contributed by atoms with E-state index >= 15 is 0 Å². The minimum absolute atomic E-state index is 0.165.